The second-order valence-corrected chi connectivity index (χ2v) is 3.91. The van der Waals surface area contributed by atoms with E-state index in [1.54, 1.807) is 0 Å². The van der Waals surface area contributed by atoms with Crippen molar-refractivity contribution in [3.63, 3.8) is 0 Å². The van der Waals surface area contributed by atoms with Crippen LogP contribution in [0.4, 0.5) is 0 Å². The van der Waals surface area contributed by atoms with Gasteiger partial charge in [0.1, 0.15) is 0 Å². The Morgan fingerprint density at radius 3 is 2.72 bits per heavy atom. The Labute approximate surface area is 109 Å². The smallest absolute Gasteiger partial charge is 0.330 e. The normalized spacial score (nSPS) is 11.7. The second-order valence-electron chi connectivity index (χ2n) is 3.91. The van der Waals surface area contributed by atoms with Gasteiger partial charge in [-0.3, -0.25) is 0 Å². The molecule has 0 spiro atoms. The molecule has 0 fully saturated rings. The van der Waals surface area contributed by atoms with Gasteiger partial charge in [0.15, 0.2) is 0 Å². The first kappa shape index (κ1) is 14.1. The molecule has 0 aliphatic carbocycles. The van der Waals surface area contributed by atoms with Crippen LogP contribution in [0.25, 0.3) is 0 Å². The maximum atomic E-state index is 11.0. The average molecular weight is 242 g/mol. The Bertz CT molecular complexity index is 449. The SMILES string of the molecule is CCCC(C#Cc1ccccc1)/C=C/C(=O)OC. The fourth-order valence-corrected chi connectivity index (χ4v) is 1.49. The second kappa shape index (κ2) is 8.14. The number of esters is 1. The highest BCUT2D eigenvalue weighted by atomic mass is 16.5. The Morgan fingerprint density at radius 1 is 1.39 bits per heavy atom. The third-order valence-electron chi connectivity index (χ3n) is 2.44. The number of benzene rings is 1. The minimum absolute atomic E-state index is 0.0920. The molecular formula is C16H18O2. The van der Waals surface area contributed by atoms with E-state index < -0.39 is 0 Å². The summed E-state index contributed by atoms with van der Waals surface area (Å²) in [7, 11) is 1.37. The first-order valence-corrected chi connectivity index (χ1v) is 6.09. The first-order valence-electron chi connectivity index (χ1n) is 6.09. The van der Waals surface area contributed by atoms with Gasteiger partial charge in [-0.25, -0.2) is 4.79 Å². The van der Waals surface area contributed by atoms with Crippen molar-refractivity contribution in [2.75, 3.05) is 7.11 Å². The van der Waals surface area contributed by atoms with E-state index in [4.69, 9.17) is 0 Å². The van der Waals surface area contributed by atoms with Gasteiger partial charge in [-0.15, -0.1) is 0 Å². The third-order valence-corrected chi connectivity index (χ3v) is 2.44. The van der Waals surface area contributed by atoms with E-state index in [9.17, 15) is 4.79 Å². The van der Waals surface area contributed by atoms with E-state index in [1.807, 2.05) is 36.4 Å². The fourth-order valence-electron chi connectivity index (χ4n) is 1.49. The van der Waals surface area contributed by atoms with Crippen LogP contribution in [0, 0.1) is 17.8 Å². The summed E-state index contributed by atoms with van der Waals surface area (Å²) in [5.41, 5.74) is 0.991. The molecule has 0 amide bonds. The van der Waals surface area contributed by atoms with Gasteiger partial charge in [-0.1, -0.05) is 49.5 Å². The predicted molar refractivity (Wildman–Crippen MR) is 72.9 cm³/mol. The molecule has 1 aromatic carbocycles. The number of ether oxygens (including phenoxy) is 1. The van der Waals surface area contributed by atoms with Gasteiger partial charge in [-0.2, -0.15) is 0 Å². The van der Waals surface area contributed by atoms with Gasteiger partial charge in [0, 0.05) is 17.6 Å². The van der Waals surface area contributed by atoms with Crippen LogP contribution in [-0.2, 0) is 9.53 Å². The number of hydrogen-bond acceptors (Lipinski definition) is 2. The lowest BCUT2D eigenvalue weighted by Gasteiger charge is -2.01. The van der Waals surface area contributed by atoms with Crippen LogP contribution in [0.15, 0.2) is 42.5 Å². The van der Waals surface area contributed by atoms with Crippen molar-refractivity contribution >= 4 is 5.97 Å². The van der Waals surface area contributed by atoms with Crippen molar-refractivity contribution in [2.45, 2.75) is 19.8 Å². The van der Waals surface area contributed by atoms with E-state index in [0.717, 1.165) is 18.4 Å². The molecule has 18 heavy (non-hydrogen) atoms. The molecule has 0 aromatic heterocycles. The topological polar surface area (TPSA) is 26.3 Å². The minimum Gasteiger partial charge on any atom is -0.466 e. The summed E-state index contributed by atoms with van der Waals surface area (Å²) in [6.07, 6.45) is 5.22. The molecule has 0 aliphatic heterocycles. The van der Waals surface area contributed by atoms with Crippen molar-refractivity contribution in [1.82, 2.24) is 0 Å². The zero-order valence-corrected chi connectivity index (χ0v) is 10.8. The quantitative estimate of drug-likeness (QED) is 0.460. The van der Waals surface area contributed by atoms with Crippen LogP contribution >= 0.6 is 0 Å². The molecule has 1 rings (SSSR count). The number of allylic oxidation sites excluding steroid dienone is 1. The van der Waals surface area contributed by atoms with Gasteiger partial charge in [0.2, 0.25) is 0 Å². The van der Waals surface area contributed by atoms with E-state index in [0.29, 0.717) is 0 Å². The summed E-state index contributed by atoms with van der Waals surface area (Å²) in [5.74, 6) is 6.05. The van der Waals surface area contributed by atoms with Crippen molar-refractivity contribution in [1.29, 1.82) is 0 Å². The van der Waals surface area contributed by atoms with E-state index in [-0.39, 0.29) is 11.9 Å². The zero-order chi connectivity index (χ0) is 13.2. The third kappa shape index (κ3) is 5.36. The van der Waals surface area contributed by atoms with Crippen molar-refractivity contribution in [3.8, 4) is 11.8 Å². The average Bonchev–Trinajstić information content (AvgIpc) is 2.42. The van der Waals surface area contributed by atoms with Gasteiger partial charge >= 0.3 is 5.97 Å². The lowest BCUT2D eigenvalue weighted by molar-refractivity contribution is -0.134. The lowest BCUT2D eigenvalue weighted by atomic mass is 10.0. The van der Waals surface area contributed by atoms with Gasteiger partial charge < -0.3 is 4.74 Å². The van der Waals surface area contributed by atoms with Crippen LogP contribution in [0.5, 0.6) is 0 Å². The lowest BCUT2D eigenvalue weighted by Crippen LogP contribution is -1.97. The summed E-state index contributed by atoms with van der Waals surface area (Å²) >= 11 is 0. The van der Waals surface area contributed by atoms with E-state index in [2.05, 4.69) is 23.5 Å². The van der Waals surface area contributed by atoms with Crippen molar-refractivity contribution in [3.05, 3.63) is 48.0 Å². The molecule has 0 N–H and O–H groups in total. The van der Waals surface area contributed by atoms with Crippen LogP contribution < -0.4 is 0 Å². The molecule has 2 nitrogen and oxygen atoms in total. The molecule has 0 bridgehead atoms. The van der Waals surface area contributed by atoms with Crippen LogP contribution in [0.1, 0.15) is 25.3 Å². The Kier molecular flexibility index (Phi) is 6.35. The maximum absolute atomic E-state index is 11.0. The van der Waals surface area contributed by atoms with Crippen molar-refractivity contribution < 1.29 is 9.53 Å². The molecule has 2 heteroatoms. The van der Waals surface area contributed by atoms with Gasteiger partial charge in [0.25, 0.3) is 0 Å². The number of hydrogen-bond donors (Lipinski definition) is 0. The number of rotatable bonds is 4. The van der Waals surface area contributed by atoms with E-state index >= 15 is 0 Å². The largest absolute Gasteiger partial charge is 0.466 e. The van der Waals surface area contributed by atoms with Gasteiger partial charge in [0.05, 0.1) is 7.11 Å². The van der Waals surface area contributed by atoms with Gasteiger partial charge in [-0.05, 0) is 18.6 Å². The van der Waals surface area contributed by atoms with Crippen LogP contribution in [-0.4, -0.2) is 13.1 Å². The Balaban J connectivity index is 2.72. The zero-order valence-electron chi connectivity index (χ0n) is 10.8. The molecular weight excluding hydrogens is 224 g/mol. The molecule has 1 unspecified atom stereocenters. The van der Waals surface area contributed by atoms with E-state index in [1.165, 1.54) is 13.2 Å². The monoisotopic (exact) mass is 242 g/mol. The highest BCUT2D eigenvalue weighted by Crippen LogP contribution is 2.07. The molecule has 0 radical (unpaired) electrons. The Morgan fingerprint density at radius 2 is 2.11 bits per heavy atom. The highest BCUT2D eigenvalue weighted by molar-refractivity contribution is 5.81. The first-order chi connectivity index (χ1) is 8.76. The van der Waals surface area contributed by atoms with Crippen LogP contribution in [0.2, 0.25) is 0 Å². The number of carbonyl (C=O) groups is 1. The summed E-state index contributed by atoms with van der Waals surface area (Å²) in [5, 5.41) is 0. The molecule has 0 heterocycles. The molecule has 94 valence electrons. The Hall–Kier alpha value is -2.01. The molecule has 0 aliphatic rings. The molecule has 1 atom stereocenters. The number of carbonyl (C=O) groups excluding carboxylic acids is 1. The standard InChI is InChI=1S/C16H18O2/c1-3-7-14(12-13-16(17)18-2)10-11-15-8-5-4-6-9-15/h4-6,8-9,12-14H,3,7H2,1-2H3/b13-12+. The number of methoxy groups -OCH3 is 1. The summed E-state index contributed by atoms with van der Waals surface area (Å²) in [4.78, 5) is 11.0. The highest BCUT2D eigenvalue weighted by Gasteiger charge is 2.00. The summed E-state index contributed by atoms with van der Waals surface area (Å²) in [6, 6.07) is 9.83. The minimum atomic E-state index is -0.336. The van der Waals surface area contributed by atoms with Crippen molar-refractivity contribution in [2.24, 2.45) is 5.92 Å². The molecule has 0 saturated carbocycles. The molecule has 1 aromatic rings. The maximum Gasteiger partial charge on any atom is 0.330 e. The summed E-state index contributed by atoms with van der Waals surface area (Å²) in [6.45, 7) is 2.10. The van der Waals surface area contributed by atoms with Crippen LogP contribution in [0.3, 0.4) is 0 Å². The molecule has 0 saturated heterocycles. The fraction of sp³-hybridized carbons (Fsp3) is 0.312. The summed E-state index contributed by atoms with van der Waals surface area (Å²) < 4.78 is 4.57. The predicted octanol–water partition coefficient (Wildman–Crippen LogP) is 3.18.